The average Bonchev–Trinajstić information content (AvgIpc) is 3.28. The van der Waals surface area contributed by atoms with Crippen molar-refractivity contribution in [2.45, 2.75) is 50.6 Å². The number of hydrogen-bond acceptors (Lipinski definition) is 7. The lowest BCUT2D eigenvalue weighted by molar-refractivity contribution is 0.0443. The molecule has 0 aliphatic carbocycles. The summed E-state index contributed by atoms with van der Waals surface area (Å²) in [5.41, 5.74) is 1.04. The van der Waals surface area contributed by atoms with Gasteiger partial charge in [-0.3, -0.25) is 4.31 Å². The number of anilines is 1. The van der Waals surface area contributed by atoms with E-state index in [4.69, 9.17) is 9.15 Å². The Labute approximate surface area is 220 Å². The third-order valence-electron chi connectivity index (χ3n) is 5.31. The Morgan fingerprint density at radius 2 is 1.75 bits per heavy atom. The number of ether oxygens (including phenoxy) is 1. The molecule has 0 saturated carbocycles. The van der Waals surface area contributed by atoms with E-state index in [9.17, 15) is 13.2 Å². The van der Waals surface area contributed by atoms with Crippen LogP contribution in [0.3, 0.4) is 0 Å². The first-order valence-corrected chi connectivity index (χ1v) is 14.2. The number of aromatic nitrogens is 2. The lowest BCUT2D eigenvalue weighted by atomic mass is 9.92. The summed E-state index contributed by atoms with van der Waals surface area (Å²) >= 11 is 3.43. The van der Waals surface area contributed by atoms with E-state index < -0.39 is 27.3 Å². The molecule has 1 atom stereocenters. The number of carbonyl (C=O) groups excluding carboxylic acids is 1. The Morgan fingerprint density at radius 3 is 2.33 bits per heavy atom. The fraction of sp³-hybridized carbons (Fsp3) is 0.400. The topological polar surface area (TPSA) is 115 Å². The second kappa shape index (κ2) is 10.6. The van der Waals surface area contributed by atoms with Crippen LogP contribution in [-0.2, 0) is 32.0 Å². The molecule has 194 valence electrons. The molecule has 1 N–H and O–H groups in total. The standard InChI is InChI=1S/C25H31BrN4O5S/c1-24(2,3)35-23(31)27-25(4,15-17-10-8-7-9-11-17)22-29-28-21(34-22)19-12-18(16-26)13-20(14-19)30(5)36(6,32)33/h7-14H,15-16H2,1-6H3,(H,27,31)/t25-/m0/s1. The van der Waals surface area contributed by atoms with Crippen molar-refractivity contribution in [1.82, 2.24) is 15.5 Å². The van der Waals surface area contributed by atoms with E-state index >= 15 is 0 Å². The number of rotatable bonds is 8. The van der Waals surface area contributed by atoms with Crippen LogP contribution >= 0.6 is 15.9 Å². The van der Waals surface area contributed by atoms with Crippen molar-refractivity contribution in [3.8, 4) is 11.5 Å². The number of alkyl halides is 1. The molecule has 0 fully saturated rings. The molecule has 0 aliphatic heterocycles. The molecule has 36 heavy (non-hydrogen) atoms. The van der Waals surface area contributed by atoms with Crippen molar-refractivity contribution < 1.29 is 22.4 Å². The highest BCUT2D eigenvalue weighted by atomic mass is 79.9. The van der Waals surface area contributed by atoms with Gasteiger partial charge in [-0.05, 0) is 57.0 Å². The van der Waals surface area contributed by atoms with Gasteiger partial charge in [-0.2, -0.15) is 0 Å². The van der Waals surface area contributed by atoms with Gasteiger partial charge >= 0.3 is 6.09 Å². The van der Waals surface area contributed by atoms with Gasteiger partial charge in [-0.15, -0.1) is 10.2 Å². The summed E-state index contributed by atoms with van der Waals surface area (Å²) in [6.07, 6.45) is 0.896. The molecular formula is C25H31BrN4O5S. The van der Waals surface area contributed by atoms with E-state index in [2.05, 4.69) is 31.4 Å². The molecule has 0 bridgehead atoms. The maximum atomic E-state index is 12.7. The Hall–Kier alpha value is -2.92. The Kier molecular flexibility index (Phi) is 8.14. The number of carbonyl (C=O) groups is 1. The highest BCUT2D eigenvalue weighted by molar-refractivity contribution is 9.08. The lowest BCUT2D eigenvalue weighted by Gasteiger charge is -2.29. The summed E-state index contributed by atoms with van der Waals surface area (Å²) in [5, 5.41) is 11.9. The Bertz CT molecular complexity index is 1320. The first-order valence-electron chi connectivity index (χ1n) is 11.2. The highest BCUT2D eigenvalue weighted by Gasteiger charge is 2.36. The number of sulfonamides is 1. The summed E-state index contributed by atoms with van der Waals surface area (Å²) in [6, 6.07) is 14.9. The molecule has 0 unspecified atom stereocenters. The highest BCUT2D eigenvalue weighted by Crippen LogP contribution is 2.31. The van der Waals surface area contributed by atoms with E-state index in [1.165, 1.54) is 11.4 Å². The van der Waals surface area contributed by atoms with Gasteiger partial charge in [0.25, 0.3) is 0 Å². The van der Waals surface area contributed by atoms with Crippen molar-refractivity contribution in [3.05, 3.63) is 65.5 Å². The molecule has 0 radical (unpaired) electrons. The van der Waals surface area contributed by atoms with E-state index in [1.54, 1.807) is 39.8 Å². The van der Waals surface area contributed by atoms with Gasteiger partial charge in [0.2, 0.25) is 21.8 Å². The lowest BCUT2D eigenvalue weighted by Crippen LogP contribution is -2.47. The van der Waals surface area contributed by atoms with Crippen molar-refractivity contribution >= 4 is 37.7 Å². The molecule has 11 heteroatoms. The molecule has 3 aromatic rings. The van der Waals surface area contributed by atoms with Gasteiger partial charge in [-0.25, -0.2) is 13.2 Å². The van der Waals surface area contributed by atoms with Crippen molar-refractivity contribution in [2.24, 2.45) is 0 Å². The van der Waals surface area contributed by atoms with Crippen molar-refractivity contribution in [1.29, 1.82) is 0 Å². The van der Waals surface area contributed by atoms with Gasteiger partial charge in [-0.1, -0.05) is 46.3 Å². The predicted molar refractivity (Wildman–Crippen MR) is 142 cm³/mol. The summed E-state index contributed by atoms with van der Waals surface area (Å²) in [6.45, 7) is 7.15. The second-order valence-electron chi connectivity index (χ2n) is 9.79. The average molecular weight is 580 g/mol. The molecule has 0 saturated heterocycles. The minimum Gasteiger partial charge on any atom is -0.444 e. The van der Waals surface area contributed by atoms with Crippen LogP contribution in [0.4, 0.5) is 10.5 Å². The molecule has 9 nitrogen and oxygen atoms in total. The molecule has 1 heterocycles. The summed E-state index contributed by atoms with van der Waals surface area (Å²) in [5.74, 6) is 0.385. The smallest absolute Gasteiger partial charge is 0.408 e. The first kappa shape index (κ1) is 27.7. The predicted octanol–water partition coefficient (Wildman–Crippen LogP) is 5.01. The van der Waals surface area contributed by atoms with Gasteiger partial charge in [0.15, 0.2) is 0 Å². The van der Waals surface area contributed by atoms with Crippen molar-refractivity contribution in [2.75, 3.05) is 17.6 Å². The van der Waals surface area contributed by atoms with Gasteiger partial charge in [0, 0.05) is 24.4 Å². The SMILES string of the molecule is CN(c1cc(CBr)cc(-c2nnc([C@](C)(Cc3ccccc3)NC(=O)OC(C)(C)C)o2)c1)S(C)(=O)=O. The number of hydrogen-bond donors (Lipinski definition) is 1. The van der Waals surface area contributed by atoms with Crippen LogP contribution in [-0.4, -0.2) is 43.6 Å². The summed E-state index contributed by atoms with van der Waals surface area (Å²) in [7, 11) is -1.99. The quantitative estimate of drug-likeness (QED) is 0.373. The number of halogens is 1. The molecule has 1 amide bonds. The molecule has 0 spiro atoms. The maximum Gasteiger partial charge on any atom is 0.408 e. The number of amides is 1. The van der Waals surface area contributed by atoms with E-state index in [0.717, 1.165) is 17.4 Å². The third-order valence-corrected chi connectivity index (χ3v) is 7.17. The van der Waals surface area contributed by atoms with E-state index in [0.29, 0.717) is 23.0 Å². The van der Waals surface area contributed by atoms with Gasteiger partial charge in [0.05, 0.1) is 11.9 Å². The molecule has 3 rings (SSSR count). The maximum absolute atomic E-state index is 12.7. The fourth-order valence-corrected chi connectivity index (χ4v) is 4.33. The van der Waals surface area contributed by atoms with Crippen LogP contribution in [0.15, 0.2) is 52.9 Å². The number of nitrogens with one attached hydrogen (secondary N) is 1. The van der Waals surface area contributed by atoms with Crippen LogP contribution in [0.1, 0.15) is 44.7 Å². The number of alkyl carbamates (subject to hydrolysis) is 1. The molecule has 1 aromatic heterocycles. The zero-order chi connectivity index (χ0) is 26.7. The van der Waals surface area contributed by atoms with Gasteiger partial charge in [0.1, 0.15) is 11.1 Å². The summed E-state index contributed by atoms with van der Waals surface area (Å²) < 4.78 is 36.9. The zero-order valence-electron chi connectivity index (χ0n) is 21.2. The zero-order valence-corrected chi connectivity index (χ0v) is 23.6. The van der Waals surface area contributed by atoms with Crippen molar-refractivity contribution in [3.63, 3.8) is 0 Å². The Balaban J connectivity index is 2.02. The molecular weight excluding hydrogens is 548 g/mol. The van der Waals surface area contributed by atoms with Crippen LogP contribution < -0.4 is 9.62 Å². The summed E-state index contributed by atoms with van der Waals surface area (Å²) in [4.78, 5) is 12.7. The number of benzene rings is 2. The van der Waals surface area contributed by atoms with E-state index in [-0.39, 0.29) is 11.8 Å². The van der Waals surface area contributed by atoms with Crippen LogP contribution in [0.2, 0.25) is 0 Å². The van der Waals surface area contributed by atoms with Crippen LogP contribution in [0.5, 0.6) is 0 Å². The van der Waals surface area contributed by atoms with E-state index in [1.807, 2.05) is 36.4 Å². The third kappa shape index (κ3) is 7.07. The molecule has 0 aliphatic rings. The van der Waals surface area contributed by atoms with Gasteiger partial charge < -0.3 is 14.5 Å². The van der Waals surface area contributed by atoms with Crippen LogP contribution in [0.25, 0.3) is 11.5 Å². The fourth-order valence-electron chi connectivity index (χ4n) is 3.52. The van der Waals surface area contributed by atoms with Crippen LogP contribution in [0, 0.1) is 0 Å². The normalized spacial score (nSPS) is 13.6. The monoisotopic (exact) mass is 578 g/mol. The minimum atomic E-state index is -3.47. The first-order chi connectivity index (χ1) is 16.7. The Morgan fingerprint density at radius 1 is 1.08 bits per heavy atom. The largest absolute Gasteiger partial charge is 0.444 e. The number of nitrogens with zero attached hydrogens (tertiary/aromatic N) is 3. The minimum absolute atomic E-state index is 0.189. The molecule has 2 aromatic carbocycles. The second-order valence-corrected chi connectivity index (χ2v) is 12.4.